The fourth-order valence-electron chi connectivity index (χ4n) is 2.04. The lowest BCUT2D eigenvalue weighted by Gasteiger charge is -2.06. The number of hydrogen-bond acceptors (Lipinski definition) is 2. The van der Waals surface area contributed by atoms with Crippen LogP contribution in [0.1, 0.15) is 24.0 Å². The molecule has 4 heteroatoms. The monoisotopic (exact) mass is 258 g/mol. The smallest absolute Gasteiger partial charge is 0.300 e. The third-order valence-electron chi connectivity index (χ3n) is 3.15. The van der Waals surface area contributed by atoms with E-state index in [1.807, 2.05) is 18.2 Å². The van der Waals surface area contributed by atoms with E-state index in [0.29, 0.717) is 12.1 Å². The van der Waals surface area contributed by atoms with Gasteiger partial charge in [0.05, 0.1) is 0 Å². The summed E-state index contributed by atoms with van der Waals surface area (Å²) in [5, 5.41) is 0. The highest BCUT2D eigenvalue weighted by atomic mass is 16.2. The lowest BCUT2D eigenvalue weighted by molar-refractivity contribution is 0.577. The quantitative estimate of drug-likeness (QED) is 0.832. The minimum atomic E-state index is -0.324. The molecule has 4 nitrogen and oxygen atoms in total. The van der Waals surface area contributed by atoms with Gasteiger partial charge in [-0.15, -0.1) is 0 Å². The molecule has 0 bridgehead atoms. The van der Waals surface area contributed by atoms with Crippen molar-refractivity contribution in [3.8, 4) is 0 Å². The van der Waals surface area contributed by atoms with Crippen molar-refractivity contribution in [2.24, 2.45) is 0 Å². The first kappa shape index (κ1) is 13.3. The number of aromatic nitrogens is 2. The Bertz CT molecular complexity index is 641. The zero-order valence-electron chi connectivity index (χ0n) is 11.1. The van der Waals surface area contributed by atoms with Crippen LogP contribution >= 0.6 is 0 Å². The van der Waals surface area contributed by atoms with Crippen LogP contribution in [0, 0.1) is 6.92 Å². The minimum Gasteiger partial charge on any atom is -0.300 e. The maximum Gasteiger partial charge on any atom is 0.328 e. The molecule has 0 aliphatic carbocycles. The standard InChI is InChI=1S/C15H18N2O2/c1-12-11-17(15(19)16-14(12)18)10-6-5-9-13-7-3-2-4-8-13/h2-4,7-8,11H,5-6,9-10H2,1H3,(H,16,18,19). The highest BCUT2D eigenvalue weighted by Gasteiger charge is 2.00. The van der Waals surface area contributed by atoms with E-state index in [1.165, 1.54) is 5.56 Å². The van der Waals surface area contributed by atoms with Crippen LogP contribution < -0.4 is 11.2 Å². The van der Waals surface area contributed by atoms with Gasteiger partial charge in [-0.25, -0.2) is 4.79 Å². The first-order chi connectivity index (χ1) is 9.16. The van der Waals surface area contributed by atoms with Crippen LogP contribution in [0.25, 0.3) is 0 Å². The highest BCUT2D eigenvalue weighted by Crippen LogP contribution is 2.05. The van der Waals surface area contributed by atoms with Crippen molar-refractivity contribution in [3.05, 3.63) is 68.5 Å². The van der Waals surface area contributed by atoms with E-state index in [4.69, 9.17) is 0 Å². The van der Waals surface area contributed by atoms with Crippen LogP contribution in [0.4, 0.5) is 0 Å². The minimum absolute atomic E-state index is 0.300. The van der Waals surface area contributed by atoms with Gasteiger partial charge in [0.25, 0.3) is 5.56 Å². The molecule has 0 aliphatic rings. The predicted octanol–water partition coefficient (Wildman–Crippen LogP) is 1.87. The third-order valence-corrected chi connectivity index (χ3v) is 3.15. The summed E-state index contributed by atoms with van der Waals surface area (Å²) in [6.07, 6.45) is 4.58. The molecule has 0 saturated carbocycles. The van der Waals surface area contributed by atoms with Gasteiger partial charge in [-0.1, -0.05) is 30.3 Å². The molecule has 1 heterocycles. The fourth-order valence-corrected chi connectivity index (χ4v) is 2.04. The number of nitrogens with zero attached hydrogens (tertiary/aromatic N) is 1. The second kappa shape index (κ2) is 6.18. The molecule has 1 N–H and O–H groups in total. The van der Waals surface area contributed by atoms with Gasteiger partial charge in [0, 0.05) is 18.3 Å². The summed E-state index contributed by atoms with van der Waals surface area (Å²) in [4.78, 5) is 25.1. The number of aryl methyl sites for hydroxylation is 3. The molecule has 100 valence electrons. The van der Waals surface area contributed by atoms with Crippen LogP contribution in [0.3, 0.4) is 0 Å². The SMILES string of the molecule is Cc1cn(CCCCc2ccccc2)c(=O)[nH]c1=O. The molecule has 0 unspecified atom stereocenters. The molecule has 0 amide bonds. The molecule has 0 fully saturated rings. The molecule has 0 atom stereocenters. The normalized spacial score (nSPS) is 10.6. The van der Waals surface area contributed by atoms with Crippen LogP contribution in [-0.2, 0) is 13.0 Å². The molecular weight excluding hydrogens is 240 g/mol. The molecule has 2 aromatic rings. The van der Waals surface area contributed by atoms with E-state index < -0.39 is 0 Å². The molecular formula is C15H18N2O2. The number of rotatable bonds is 5. The highest BCUT2D eigenvalue weighted by molar-refractivity contribution is 5.14. The van der Waals surface area contributed by atoms with Crippen molar-refractivity contribution in [2.75, 3.05) is 0 Å². The summed E-state index contributed by atoms with van der Waals surface area (Å²) in [5.74, 6) is 0. The van der Waals surface area contributed by atoms with Crippen molar-refractivity contribution in [2.45, 2.75) is 32.7 Å². The van der Waals surface area contributed by atoms with Gasteiger partial charge in [0.2, 0.25) is 0 Å². The average Bonchev–Trinajstić information content (AvgIpc) is 2.41. The van der Waals surface area contributed by atoms with Crippen molar-refractivity contribution >= 4 is 0 Å². The van der Waals surface area contributed by atoms with Crippen LogP contribution in [0.5, 0.6) is 0 Å². The zero-order valence-corrected chi connectivity index (χ0v) is 11.1. The Morgan fingerprint density at radius 2 is 1.84 bits per heavy atom. The second-order valence-corrected chi connectivity index (χ2v) is 4.71. The number of nitrogens with one attached hydrogen (secondary N) is 1. The summed E-state index contributed by atoms with van der Waals surface area (Å²) < 4.78 is 1.57. The topological polar surface area (TPSA) is 54.9 Å². The summed E-state index contributed by atoms with van der Waals surface area (Å²) in [6.45, 7) is 2.35. The summed E-state index contributed by atoms with van der Waals surface area (Å²) >= 11 is 0. The van der Waals surface area contributed by atoms with Gasteiger partial charge < -0.3 is 4.57 Å². The summed E-state index contributed by atoms with van der Waals surface area (Å²) in [5.41, 5.74) is 1.26. The van der Waals surface area contributed by atoms with Crippen molar-refractivity contribution < 1.29 is 0 Å². The average molecular weight is 258 g/mol. The predicted molar refractivity (Wildman–Crippen MR) is 75.4 cm³/mol. The molecule has 19 heavy (non-hydrogen) atoms. The van der Waals surface area contributed by atoms with Crippen molar-refractivity contribution in [1.82, 2.24) is 9.55 Å². The number of aromatic amines is 1. The van der Waals surface area contributed by atoms with E-state index in [2.05, 4.69) is 17.1 Å². The second-order valence-electron chi connectivity index (χ2n) is 4.71. The summed E-state index contributed by atoms with van der Waals surface area (Å²) in [7, 11) is 0. The van der Waals surface area contributed by atoms with Gasteiger partial charge in [-0.05, 0) is 31.7 Å². The number of H-pyrrole nitrogens is 1. The molecule has 1 aromatic heterocycles. The molecule has 0 aliphatic heterocycles. The fraction of sp³-hybridized carbons (Fsp3) is 0.333. The van der Waals surface area contributed by atoms with Gasteiger partial charge in [-0.2, -0.15) is 0 Å². The van der Waals surface area contributed by atoms with E-state index in [9.17, 15) is 9.59 Å². The Balaban J connectivity index is 1.88. The lowest BCUT2D eigenvalue weighted by atomic mass is 10.1. The van der Waals surface area contributed by atoms with E-state index in [-0.39, 0.29) is 11.2 Å². The Kier molecular flexibility index (Phi) is 4.34. The lowest BCUT2D eigenvalue weighted by Crippen LogP contribution is -2.30. The van der Waals surface area contributed by atoms with Gasteiger partial charge in [0.15, 0.2) is 0 Å². The maximum atomic E-state index is 11.6. The van der Waals surface area contributed by atoms with E-state index in [1.54, 1.807) is 17.7 Å². The van der Waals surface area contributed by atoms with Crippen LogP contribution in [0.15, 0.2) is 46.1 Å². The third kappa shape index (κ3) is 3.68. The Labute approximate surface area is 111 Å². The van der Waals surface area contributed by atoms with Crippen LogP contribution in [0.2, 0.25) is 0 Å². The summed E-state index contributed by atoms with van der Waals surface area (Å²) in [6, 6.07) is 10.3. The van der Waals surface area contributed by atoms with Crippen molar-refractivity contribution in [1.29, 1.82) is 0 Å². The Hall–Kier alpha value is -2.10. The first-order valence-corrected chi connectivity index (χ1v) is 6.51. The molecule has 2 rings (SSSR count). The molecule has 0 radical (unpaired) electrons. The number of benzene rings is 1. The first-order valence-electron chi connectivity index (χ1n) is 6.51. The Morgan fingerprint density at radius 1 is 1.11 bits per heavy atom. The number of hydrogen-bond donors (Lipinski definition) is 1. The van der Waals surface area contributed by atoms with E-state index in [0.717, 1.165) is 19.3 Å². The van der Waals surface area contributed by atoms with Gasteiger partial charge in [-0.3, -0.25) is 9.78 Å². The van der Waals surface area contributed by atoms with Crippen LogP contribution in [-0.4, -0.2) is 9.55 Å². The van der Waals surface area contributed by atoms with Gasteiger partial charge >= 0.3 is 5.69 Å². The Morgan fingerprint density at radius 3 is 2.58 bits per heavy atom. The van der Waals surface area contributed by atoms with Gasteiger partial charge in [0.1, 0.15) is 0 Å². The van der Waals surface area contributed by atoms with E-state index >= 15 is 0 Å². The maximum absolute atomic E-state index is 11.6. The largest absolute Gasteiger partial charge is 0.328 e. The molecule has 1 aromatic carbocycles. The molecule has 0 saturated heterocycles. The zero-order chi connectivity index (χ0) is 13.7. The number of unbranched alkanes of at least 4 members (excludes halogenated alkanes) is 1. The molecule has 0 spiro atoms. The van der Waals surface area contributed by atoms with Crippen molar-refractivity contribution in [3.63, 3.8) is 0 Å².